The number of allylic oxidation sites excluding steroid dienone is 1. The zero-order chi connectivity index (χ0) is 25.6. The van der Waals surface area contributed by atoms with E-state index in [0.717, 1.165) is 36.1 Å². The van der Waals surface area contributed by atoms with Gasteiger partial charge in [-0.15, -0.1) is 0 Å². The number of esters is 1. The average molecular weight is 495 g/mol. The van der Waals surface area contributed by atoms with Crippen LogP contribution in [0.25, 0.3) is 0 Å². The molecular weight excluding hydrogens is 460 g/mol. The second kappa shape index (κ2) is 9.48. The molecule has 1 N–H and O–H groups in total. The van der Waals surface area contributed by atoms with E-state index in [4.69, 9.17) is 9.47 Å². The number of anilines is 1. The van der Waals surface area contributed by atoms with Gasteiger partial charge in [-0.3, -0.25) is 14.4 Å². The number of cyclic esters (lactones) is 1. The Kier molecular flexibility index (Phi) is 6.51. The number of ether oxygens (including phenoxy) is 2. The van der Waals surface area contributed by atoms with Crippen LogP contribution >= 0.6 is 0 Å². The summed E-state index contributed by atoms with van der Waals surface area (Å²) in [6.45, 7) is 5.91. The molecule has 1 spiro atoms. The van der Waals surface area contributed by atoms with Gasteiger partial charge < -0.3 is 24.4 Å². The number of carbonyl (C=O) groups excluding carboxylic acids is 3. The van der Waals surface area contributed by atoms with E-state index >= 15 is 0 Å². The minimum atomic E-state index is -1.34. The van der Waals surface area contributed by atoms with E-state index in [1.807, 2.05) is 50.3 Å². The first kappa shape index (κ1) is 24.7. The zero-order valence-electron chi connectivity index (χ0n) is 21.1. The summed E-state index contributed by atoms with van der Waals surface area (Å²) in [5, 5.41) is 10.0. The van der Waals surface area contributed by atoms with Gasteiger partial charge in [0.25, 0.3) is 5.91 Å². The number of aliphatic hydroxyl groups is 1. The molecule has 1 unspecified atom stereocenters. The summed E-state index contributed by atoms with van der Waals surface area (Å²) >= 11 is 0. The lowest BCUT2D eigenvalue weighted by molar-refractivity contribution is -0.155. The van der Waals surface area contributed by atoms with Crippen molar-refractivity contribution in [3.63, 3.8) is 0 Å². The molecule has 6 atom stereocenters. The molecule has 4 aliphatic heterocycles. The van der Waals surface area contributed by atoms with E-state index in [0.29, 0.717) is 13.2 Å². The van der Waals surface area contributed by atoms with Crippen LogP contribution in [0.5, 0.6) is 0 Å². The molecule has 2 saturated heterocycles. The molecular formula is C28H34N2O6. The van der Waals surface area contributed by atoms with Gasteiger partial charge in [-0.1, -0.05) is 36.4 Å². The highest BCUT2D eigenvalue weighted by Crippen LogP contribution is 2.53. The van der Waals surface area contributed by atoms with Crippen molar-refractivity contribution in [2.24, 2.45) is 11.8 Å². The highest BCUT2D eigenvalue weighted by Gasteiger charge is 2.72. The van der Waals surface area contributed by atoms with Gasteiger partial charge >= 0.3 is 5.97 Å². The normalized spacial score (nSPS) is 33.9. The second-order valence-corrected chi connectivity index (χ2v) is 10.4. The van der Waals surface area contributed by atoms with Crippen LogP contribution in [0.1, 0.15) is 37.3 Å². The van der Waals surface area contributed by atoms with E-state index in [1.165, 1.54) is 4.90 Å². The van der Waals surface area contributed by atoms with Crippen molar-refractivity contribution in [3.05, 3.63) is 53.6 Å². The number of aryl methyl sites for hydroxylation is 2. The third-order valence-electron chi connectivity index (χ3n) is 7.93. The molecule has 0 saturated carbocycles. The number of hydrogen-bond donors (Lipinski definition) is 1. The van der Waals surface area contributed by atoms with Gasteiger partial charge in [0.05, 0.1) is 31.3 Å². The number of rotatable bonds is 3. The van der Waals surface area contributed by atoms with Gasteiger partial charge in [0, 0.05) is 12.2 Å². The zero-order valence-corrected chi connectivity index (χ0v) is 21.1. The number of aliphatic hydroxyl groups excluding tert-OH is 1. The molecule has 8 heteroatoms. The number of fused-ring (bicyclic) bond motifs is 2. The molecule has 192 valence electrons. The van der Waals surface area contributed by atoms with Crippen LogP contribution in [0.15, 0.2) is 42.5 Å². The van der Waals surface area contributed by atoms with Crippen LogP contribution in [-0.2, 0) is 23.9 Å². The van der Waals surface area contributed by atoms with Crippen LogP contribution in [0, 0.1) is 25.7 Å². The van der Waals surface area contributed by atoms with E-state index in [-0.39, 0.29) is 18.4 Å². The summed E-state index contributed by atoms with van der Waals surface area (Å²) in [4.78, 5) is 44.8. The fraction of sp³-hybridized carbons (Fsp3) is 0.536. The van der Waals surface area contributed by atoms with E-state index in [2.05, 4.69) is 0 Å². The fourth-order valence-corrected chi connectivity index (χ4v) is 6.14. The van der Waals surface area contributed by atoms with Crippen LogP contribution < -0.4 is 4.90 Å². The highest BCUT2D eigenvalue weighted by molar-refractivity contribution is 6.06. The second-order valence-electron chi connectivity index (χ2n) is 10.4. The Morgan fingerprint density at radius 1 is 1.14 bits per heavy atom. The van der Waals surface area contributed by atoms with Crippen LogP contribution in [0.4, 0.5) is 5.69 Å². The number of nitrogens with zero attached hydrogens (tertiary/aromatic N) is 2. The van der Waals surface area contributed by atoms with Gasteiger partial charge in [-0.05, 0) is 57.2 Å². The third kappa shape index (κ3) is 3.78. The first-order valence-corrected chi connectivity index (χ1v) is 12.8. The lowest BCUT2D eigenvalue weighted by atomic mass is 9.78. The molecule has 4 aliphatic rings. The first-order chi connectivity index (χ1) is 17.3. The maximum Gasteiger partial charge on any atom is 0.312 e. The van der Waals surface area contributed by atoms with Crippen molar-refractivity contribution in [1.82, 2.24) is 4.90 Å². The fourth-order valence-electron chi connectivity index (χ4n) is 6.14. The summed E-state index contributed by atoms with van der Waals surface area (Å²) < 4.78 is 12.2. The quantitative estimate of drug-likeness (QED) is 0.512. The van der Waals surface area contributed by atoms with Crippen LogP contribution in [-0.4, -0.2) is 71.3 Å². The molecule has 1 aromatic carbocycles. The summed E-state index contributed by atoms with van der Waals surface area (Å²) in [5.41, 5.74) is 1.39. The Hall–Kier alpha value is -2.97. The Morgan fingerprint density at radius 2 is 1.94 bits per heavy atom. The Morgan fingerprint density at radius 3 is 2.72 bits per heavy atom. The van der Waals surface area contributed by atoms with Crippen molar-refractivity contribution in [3.8, 4) is 0 Å². The van der Waals surface area contributed by atoms with Crippen molar-refractivity contribution >= 4 is 23.5 Å². The van der Waals surface area contributed by atoms with Crippen molar-refractivity contribution in [1.29, 1.82) is 0 Å². The Balaban J connectivity index is 1.64. The molecule has 36 heavy (non-hydrogen) atoms. The van der Waals surface area contributed by atoms with Crippen LogP contribution in [0.3, 0.4) is 0 Å². The van der Waals surface area contributed by atoms with Crippen molar-refractivity contribution in [2.45, 2.75) is 63.8 Å². The molecule has 2 amide bonds. The molecule has 0 radical (unpaired) electrons. The number of benzene rings is 1. The molecule has 5 rings (SSSR count). The van der Waals surface area contributed by atoms with Gasteiger partial charge in [0.1, 0.15) is 17.6 Å². The third-order valence-corrected chi connectivity index (χ3v) is 7.93. The summed E-state index contributed by atoms with van der Waals surface area (Å²) in [5.74, 6) is -2.91. The number of likely N-dealkylation sites (tertiary alicyclic amines) is 1. The topological polar surface area (TPSA) is 96.4 Å². The maximum absolute atomic E-state index is 14.3. The van der Waals surface area contributed by atoms with Gasteiger partial charge in [-0.25, -0.2) is 0 Å². The van der Waals surface area contributed by atoms with E-state index in [1.54, 1.807) is 17.9 Å². The minimum absolute atomic E-state index is 0.286. The molecule has 8 nitrogen and oxygen atoms in total. The van der Waals surface area contributed by atoms with Crippen LogP contribution in [0.2, 0.25) is 0 Å². The molecule has 0 aromatic heterocycles. The standard InChI is InChI=1S/C28H34N2O6/c1-17-10-11-18(2)20(15-17)29-13-8-12-28-23(25(32)30(19(3)16-31)24(28)26(29)33)22-21(36-28)9-6-4-5-7-14-35-27(22)34/h6,8-12,15,19,21-24,31H,4-5,7,13-14,16H2,1-3H3/b9-6-/t19-,21+,22-,23+,24?,28+/m1/s1. The molecule has 2 fully saturated rings. The maximum atomic E-state index is 14.3. The summed E-state index contributed by atoms with van der Waals surface area (Å²) in [7, 11) is 0. The Bertz CT molecular complexity index is 1130. The number of hydrogen-bond acceptors (Lipinski definition) is 6. The smallest absolute Gasteiger partial charge is 0.312 e. The highest BCUT2D eigenvalue weighted by atomic mass is 16.6. The predicted octanol–water partition coefficient (Wildman–Crippen LogP) is 2.45. The van der Waals surface area contributed by atoms with Crippen molar-refractivity contribution in [2.75, 3.05) is 24.7 Å². The monoisotopic (exact) mass is 494 g/mol. The summed E-state index contributed by atoms with van der Waals surface area (Å²) in [6, 6.07) is 4.28. The molecule has 1 aromatic rings. The lowest BCUT2D eigenvalue weighted by Gasteiger charge is -2.37. The van der Waals surface area contributed by atoms with Gasteiger partial charge in [0.15, 0.2) is 0 Å². The van der Waals surface area contributed by atoms with Gasteiger partial charge in [0.2, 0.25) is 5.91 Å². The van der Waals surface area contributed by atoms with E-state index in [9.17, 15) is 19.5 Å². The van der Waals surface area contributed by atoms with Gasteiger partial charge in [-0.2, -0.15) is 0 Å². The Labute approximate surface area is 211 Å². The van der Waals surface area contributed by atoms with Crippen molar-refractivity contribution < 1.29 is 29.0 Å². The largest absolute Gasteiger partial charge is 0.465 e. The summed E-state index contributed by atoms with van der Waals surface area (Å²) in [6.07, 6.45) is 9.29. The molecule has 0 bridgehead atoms. The number of carbonyl (C=O) groups is 3. The molecule has 4 heterocycles. The molecule has 0 aliphatic carbocycles. The lowest BCUT2D eigenvalue weighted by Crippen LogP contribution is -2.57. The minimum Gasteiger partial charge on any atom is -0.465 e. The SMILES string of the molecule is Cc1ccc(C)c(N2CC=C[C@]34O[C@H]5/C=C\CCCCOC(=O)[C@H]5[C@H]3C(=O)N([C@H](C)CO)C4C2=O)c1. The first-order valence-electron chi connectivity index (χ1n) is 12.8. The average Bonchev–Trinajstić information content (AvgIpc) is 3.25. The number of amides is 2. The predicted molar refractivity (Wildman–Crippen MR) is 133 cm³/mol. The van der Waals surface area contributed by atoms with E-state index < -0.39 is 41.6 Å².